The maximum absolute atomic E-state index is 13.3. The van der Waals surface area contributed by atoms with Crippen LogP contribution in [0, 0.1) is 11.3 Å². The van der Waals surface area contributed by atoms with Crippen LogP contribution in [0.3, 0.4) is 0 Å². The van der Waals surface area contributed by atoms with E-state index in [4.69, 9.17) is 5.26 Å². The fourth-order valence-electron chi connectivity index (χ4n) is 3.38. The van der Waals surface area contributed by atoms with Gasteiger partial charge in [0.15, 0.2) is 0 Å². The number of carbonyl (C=O) groups is 2. The molecule has 1 aliphatic rings. The van der Waals surface area contributed by atoms with E-state index in [1.807, 2.05) is 0 Å². The smallest absolute Gasteiger partial charge is 0.367 e. The largest absolute Gasteiger partial charge is 0.417 e. The van der Waals surface area contributed by atoms with E-state index in [0.29, 0.717) is 5.56 Å². The van der Waals surface area contributed by atoms with Gasteiger partial charge in [0.05, 0.1) is 22.8 Å². The second-order valence-electron chi connectivity index (χ2n) is 7.04. The molecule has 2 amide bonds. The van der Waals surface area contributed by atoms with Crippen molar-refractivity contribution in [3.05, 3.63) is 51.7 Å². The van der Waals surface area contributed by atoms with E-state index >= 15 is 0 Å². The molecule has 1 aromatic carbocycles. The fraction of sp³-hybridized carbons (Fsp3) is 0.350. The predicted octanol–water partition coefficient (Wildman–Crippen LogP) is 3.06. The summed E-state index contributed by atoms with van der Waals surface area (Å²) in [5.74, 6) is -0.597. The number of carbonyl (C=O) groups excluding carboxylic acids is 2. The summed E-state index contributed by atoms with van der Waals surface area (Å²) in [4.78, 5) is 30.1. The first-order valence-corrected chi connectivity index (χ1v) is 9.98. The summed E-state index contributed by atoms with van der Waals surface area (Å²) in [6, 6.07) is 5.88. The quantitative estimate of drug-likeness (QED) is 0.742. The Labute approximate surface area is 175 Å². The van der Waals surface area contributed by atoms with Gasteiger partial charge in [-0.25, -0.2) is 0 Å². The molecule has 1 fully saturated rings. The highest BCUT2D eigenvalue weighted by Gasteiger charge is 2.38. The molecule has 30 heavy (non-hydrogen) atoms. The van der Waals surface area contributed by atoms with Gasteiger partial charge in [-0.2, -0.15) is 29.8 Å². The minimum Gasteiger partial charge on any atom is -0.367 e. The molecular formula is C20H19F3N4O2S. The summed E-state index contributed by atoms with van der Waals surface area (Å²) < 4.78 is 40.0. The van der Waals surface area contributed by atoms with Crippen LogP contribution in [0.15, 0.2) is 35.0 Å². The lowest BCUT2D eigenvalue weighted by Crippen LogP contribution is -2.60. The Morgan fingerprint density at radius 2 is 1.97 bits per heavy atom. The molecule has 0 spiro atoms. The Morgan fingerprint density at radius 3 is 2.53 bits per heavy atom. The average molecular weight is 436 g/mol. The van der Waals surface area contributed by atoms with E-state index in [-0.39, 0.29) is 37.1 Å². The van der Waals surface area contributed by atoms with Crippen molar-refractivity contribution < 1.29 is 22.8 Å². The van der Waals surface area contributed by atoms with Gasteiger partial charge in [0.25, 0.3) is 5.91 Å². The summed E-state index contributed by atoms with van der Waals surface area (Å²) in [5.41, 5.74) is -0.753. The number of thiophene rings is 1. The monoisotopic (exact) mass is 436 g/mol. The van der Waals surface area contributed by atoms with E-state index < -0.39 is 23.3 Å². The standard InChI is InChI=1S/C20H19F3N4O2S/c1-25(2)19(29)17-11-26(6-7-27(17)18(28)14-5-8-30-12-14)15-4-3-13(10-24)16(9-15)20(21,22)23/h3-5,8-9,12,17H,6-7,11H2,1-2H3. The van der Waals surface area contributed by atoms with Crippen LogP contribution >= 0.6 is 11.3 Å². The molecule has 1 aromatic heterocycles. The number of anilines is 1. The molecule has 3 rings (SSSR count). The highest BCUT2D eigenvalue weighted by molar-refractivity contribution is 7.08. The highest BCUT2D eigenvalue weighted by atomic mass is 32.1. The number of alkyl halides is 3. The van der Waals surface area contributed by atoms with Crippen molar-refractivity contribution >= 4 is 28.8 Å². The van der Waals surface area contributed by atoms with Crippen LogP contribution in [0.25, 0.3) is 0 Å². The lowest BCUT2D eigenvalue weighted by atomic mass is 10.0. The number of rotatable bonds is 3. The van der Waals surface area contributed by atoms with E-state index in [1.165, 1.54) is 27.2 Å². The number of amides is 2. The topological polar surface area (TPSA) is 67.7 Å². The van der Waals surface area contributed by atoms with Crippen LogP contribution < -0.4 is 4.90 Å². The SMILES string of the molecule is CN(C)C(=O)C1CN(c2ccc(C#N)c(C(F)(F)F)c2)CCN1C(=O)c1ccsc1. The van der Waals surface area contributed by atoms with Crippen molar-refractivity contribution in [2.24, 2.45) is 0 Å². The molecule has 0 bridgehead atoms. The molecular weight excluding hydrogens is 417 g/mol. The average Bonchev–Trinajstić information content (AvgIpc) is 3.26. The minimum atomic E-state index is -4.67. The van der Waals surface area contributed by atoms with Gasteiger partial charge in [-0.3, -0.25) is 9.59 Å². The molecule has 1 saturated heterocycles. The number of likely N-dealkylation sites (N-methyl/N-ethyl adjacent to an activating group) is 1. The van der Waals surface area contributed by atoms with E-state index in [2.05, 4.69) is 0 Å². The van der Waals surface area contributed by atoms with Crippen LogP contribution in [0.2, 0.25) is 0 Å². The van der Waals surface area contributed by atoms with Gasteiger partial charge in [-0.15, -0.1) is 0 Å². The van der Waals surface area contributed by atoms with Gasteiger partial charge in [-0.05, 0) is 29.6 Å². The minimum absolute atomic E-state index is 0.0517. The summed E-state index contributed by atoms with van der Waals surface area (Å²) >= 11 is 1.37. The molecule has 0 aliphatic carbocycles. The van der Waals surface area contributed by atoms with E-state index in [0.717, 1.165) is 12.1 Å². The third kappa shape index (κ3) is 4.26. The molecule has 10 heteroatoms. The molecule has 6 nitrogen and oxygen atoms in total. The Morgan fingerprint density at radius 1 is 1.23 bits per heavy atom. The van der Waals surface area contributed by atoms with E-state index in [9.17, 15) is 22.8 Å². The lowest BCUT2D eigenvalue weighted by Gasteiger charge is -2.42. The molecule has 1 aliphatic heterocycles. The van der Waals surface area contributed by atoms with Crippen molar-refractivity contribution in [2.45, 2.75) is 12.2 Å². The molecule has 0 radical (unpaired) electrons. The first-order chi connectivity index (χ1) is 14.1. The second-order valence-corrected chi connectivity index (χ2v) is 7.82. The zero-order valence-corrected chi connectivity index (χ0v) is 17.1. The van der Waals surface area contributed by atoms with Gasteiger partial charge < -0.3 is 14.7 Å². The number of benzene rings is 1. The van der Waals surface area contributed by atoms with Crippen molar-refractivity contribution in [3.63, 3.8) is 0 Å². The number of halogens is 3. The zero-order chi connectivity index (χ0) is 22.1. The predicted molar refractivity (Wildman–Crippen MR) is 106 cm³/mol. The summed E-state index contributed by atoms with van der Waals surface area (Å²) in [7, 11) is 3.13. The molecule has 1 unspecified atom stereocenters. The Hall–Kier alpha value is -3.06. The maximum Gasteiger partial charge on any atom is 0.417 e. The van der Waals surface area contributed by atoms with Crippen LogP contribution in [-0.2, 0) is 11.0 Å². The third-order valence-electron chi connectivity index (χ3n) is 4.93. The lowest BCUT2D eigenvalue weighted by molar-refractivity contribution is -0.138. The van der Waals surface area contributed by atoms with Crippen LogP contribution in [0.4, 0.5) is 18.9 Å². The maximum atomic E-state index is 13.3. The number of nitriles is 1. The molecule has 2 aromatic rings. The van der Waals surface area contributed by atoms with Gasteiger partial charge in [0, 0.05) is 44.8 Å². The number of hydrogen-bond acceptors (Lipinski definition) is 5. The van der Waals surface area contributed by atoms with E-state index in [1.54, 1.807) is 41.9 Å². The number of nitrogens with zero attached hydrogens (tertiary/aromatic N) is 4. The Balaban J connectivity index is 1.92. The normalized spacial score (nSPS) is 16.9. The Bertz CT molecular complexity index is 983. The molecule has 0 saturated carbocycles. The van der Waals surface area contributed by atoms with Crippen LogP contribution in [0.5, 0.6) is 0 Å². The van der Waals surface area contributed by atoms with Crippen molar-refractivity contribution in [1.82, 2.24) is 9.80 Å². The van der Waals surface area contributed by atoms with Crippen LogP contribution in [0.1, 0.15) is 21.5 Å². The van der Waals surface area contributed by atoms with Crippen molar-refractivity contribution in [1.29, 1.82) is 5.26 Å². The van der Waals surface area contributed by atoms with Gasteiger partial charge >= 0.3 is 6.18 Å². The summed E-state index contributed by atoms with van der Waals surface area (Å²) in [5, 5.41) is 12.5. The summed E-state index contributed by atoms with van der Waals surface area (Å²) in [6.45, 7) is 0.493. The molecule has 2 heterocycles. The van der Waals surface area contributed by atoms with Gasteiger partial charge in [0.2, 0.25) is 5.91 Å². The zero-order valence-electron chi connectivity index (χ0n) is 16.3. The highest BCUT2D eigenvalue weighted by Crippen LogP contribution is 2.35. The second kappa shape index (κ2) is 8.36. The third-order valence-corrected chi connectivity index (χ3v) is 5.61. The molecule has 158 valence electrons. The van der Waals surface area contributed by atoms with Crippen molar-refractivity contribution in [3.8, 4) is 6.07 Å². The van der Waals surface area contributed by atoms with Crippen molar-refractivity contribution in [2.75, 3.05) is 38.6 Å². The van der Waals surface area contributed by atoms with Crippen LogP contribution in [-0.4, -0.2) is 61.4 Å². The number of piperazine rings is 1. The Kier molecular flexibility index (Phi) is 6.03. The summed E-state index contributed by atoms with van der Waals surface area (Å²) in [6.07, 6.45) is -4.67. The molecule has 0 N–H and O–H groups in total. The fourth-order valence-corrected chi connectivity index (χ4v) is 4.01. The van der Waals surface area contributed by atoms with Gasteiger partial charge in [0.1, 0.15) is 6.04 Å². The number of hydrogen-bond donors (Lipinski definition) is 0. The first kappa shape index (κ1) is 21.6. The van der Waals surface area contributed by atoms with Gasteiger partial charge in [-0.1, -0.05) is 0 Å². The first-order valence-electron chi connectivity index (χ1n) is 9.04. The molecule has 1 atom stereocenters.